The molecule has 3 N–H and O–H groups in total. The predicted molar refractivity (Wildman–Crippen MR) is 106 cm³/mol. The van der Waals surface area contributed by atoms with Crippen LogP contribution in [-0.4, -0.2) is 47.1 Å². The summed E-state index contributed by atoms with van der Waals surface area (Å²) < 4.78 is 17.4. The normalized spacial score (nSPS) is 11.6. The SMILES string of the molecule is COc1cc(Nc2ncc(C(C)c3cccn3C(N)=O)nn2)cc(OC)c1OC. The number of aromatic nitrogens is 4. The fourth-order valence-corrected chi connectivity index (χ4v) is 2.92. The summed E-state index contributed by atoms with van der Waals surface area (Å²) in [5.74, 6) is 1.56. The smallest absolute Gasteiger partial charge is 0.323 e. The Morgan fingerprint density at radius 3 is 2.34 bits per heavy atom. The van der Waals surface area contributed by atoms with Gasteiger partial charge in [-0.2, -0.15) is 0 Å². The van der Waals surface area contributed by atoms with Crippen molar-refractivity contribution in [2.24, 2.45) is 5.73 Å². The lowest BCUT2D eigenvalue weighted by Gasteiger charge is -2.15. The maximum atomic E-state index is 11.5. The van der Waals surface area contributed by atoms with Crippen LogP contribution in [-0.2, 0) is 0 Å². The first kappa shape index (κ1) is 19.9. The van der Waals surface area contributed by atoms with Gasteiger partial charge in [0.05, 0.1) is 33.2 Å². The quantitative estimate of drug-likeness (QED) is 0.622. The molecule has 0 radical (unpaired) electrons. The molecular weight excluding hydrogens is 376 g/mol. The number of amides is 1. The van der Waals surface area contributed by atoms with E-state index in [9.17, 15) is 4.79 Å². The van der Waals surface area contributed by atoms with Crippen LogP contribution in [0, 0.1) is 0 Å². The van der Waals surface area contributed by atoms with E-state index in [1.165, 1.54) is 25.9 Å². The van der Waals surface area contributed by atoms with Gasteiger partial charge in [0.15, 0.2) is 11.5 Å². The second kappa shape index (κ2) is 8.46. The molecule has 10 nitrogen and oxygen atoms in total. The summed E-state index contributed by atoms with van der Waals surface area (Å²) in [4.78, 5) is 15.8. The van der Waals surface area contributed by atoms with Gasteiger partial charge in [0.1, 0.15) is 0 Å². The minimum atomic E-state index is -0.557. The zero-order chi connectivity index (χ0) is 21.0. The maximum Gasteiger partial charge on any atom is 0.323 e. The third-order valence-corrected chi connectivity index (χ3v) is 4.41. The molecule has 1 aromatic carbocycles. The van der Waals surface area contributed by atoms with Crippen molar-refractivity contribution in [1.82, 2.24) is 19.7 Å². The molecule has 0 bridgehead atoms. The van der Waals surface area contributed by atoms with Gasteiger partial charge in [-0.3, -0.25) is 4.57 Å². The first-order valence-electron chi connectivity index (χ1n) is 8.72. The van der Waals surface area contributed by atoms with Crippen molar-refractivity contribution in [3.63, 3.8) is 0 Å². The van der Waals surface area contributed by atoms with Gasteiger partial charge in [0.2, 0.25) is 11.7 Å². The third-order valence-electron chi connectivity index (χ3n) is 4.41. The lowest BCUT2D eigenvalue weighted by atomic mass is 10.1. The van der Waals surface area contributed by atoms with Gasteiger partial charge in [-0.15, -0.1) is 10.2 Å². The Hall–Kier alpha value is -3.82. The van der Waals surface area contributed by atoms with E-state index in [0.29, 0.717) is 40.3 Å². The number of ether oxygens (including phenoxy) is 3. The van der Waals surface area contributed by atoms with Gasteiger partial charge in [-0.1, -0.05) is 6.92 Å². The minimum absolute atomic E-state index is 0.215. The standard InChI is InChI=1S/C19H22N6O4/c1-11(14-6-5-7-25(14)18(20)26)13-10-21-19(24-23-13)22-12-8-15(27-2)17(29-4)16(9-12)28-3/h5-11H,1-4H3,(H2,20,26)(H,21,22,24). The van der Waals surface area contributed by atoms with Crippen molar-refractivity contribution in [1.29, 1.82) is 0 Å². The second-order valence-electron chi connectivity index (χ2n) is 6.11. The van der Waals surface area contributed by atoms with Crippen LogP contribution in [0.25, 0.3) is 0 Å². The summed E-state index contributed by atoms with van der Waals surface area (Å²) in [7, 11) is 4.61. The zero-order valence-corrected chi connectivity index (χ0v) is 16.5. The molecule has 0 saturated carbocycles. The van der Waals surface area contributed by atoms with Crippen LogP contribution >= 0.6 is 0 Å². The van der Waals surface area contributed by atoms with Crippen molar-refractivity contribution >= 4 is 17.7 Å². The second-order valence-corrected chi connectivity index (χ2v) is 6.11. The van der Waals surface area contributed by atoms with Crippen LogP contribution in [0.5, 0.6) is 17.2 Å². The zero-order valence-electron chi connectivity index (χ0n) is 16.5. The molecule has 3 aromatic rings. The molecule has 0 spiro atoms. The number of anilines is 2. The van der Waals surface area contributed by atoms with Gasteiger partial charge in [0.25, 0.3) is 0 Å². The first-order chi connectivity index (χ1) is 14.0. The van der Waals surface area contributed by atoms with Crippen LogP contribution in [0.4, 0.5) is 16.4 Å². The first-order valence-corrected chi connectivity index (χ1v) is 8.72. The van der Waals surface area contributed by atoms with E-state index < -0.39 is 6.03 Å². The molecule has 0 saturated heterocycles. The number of primary amides is 1. The van der Waals surface area contributed by atoms with Gasteiger partial charge in [-0.05, 0) is 12.1 Å². The van der Waals surface area contributed by atoms with Gasteiger partial charge >= 0.3 is 6.03 Å². The summed E-state index contributed by atoms with van der Waals surface area (Å²) in [6, 6.07) is 6.47. The van der Waals surface area contributed by atoms with Crippen LogP contribution < -0.4 is 25.3 Å². The van der Waals surface area contributed by atoms with E-state index >= 15 is 0 Å². The molecule has 1 amide bonds. The number of hydrogen-bond donors (Lipinski definition) is 2. The Labute approximate surface area is 167 Å². The number of rotatable bonds is 7. The van der Waals surface area contributed by atoms with Crippen molar-refractivity contribution in [2.75, 3.05) is 26.6 Å². The summed E-state index contributed by atoms with van der Waals surface area (Å²) >= 11 is 0. The van der Waals surface area contributed by atoms with Crippen LogP contribution in [0.2, 0.25) is 0 Å². The van der Waals surface area contributed by atoms with Crippen molar-refractivity contribution in [3.05, 3.63) is 48.0 Å². The molecule has 0 aliphatic heterocycles. The van der Waals surface area contributed by atoms with E-state index in [2.05, 4.69) is 20.5 Å². The third kappa shape index (κ3) is 4.05. The average molecular weight is 398 g/mol. The monoisotopic (exact) mass is 398 g/mol. The molecule has 0 aliphatic rings. The van der Waals surface area contributed by atoms with E-state index in [0.717, 1.165) is 0 Å². The number of methoxy groups -OCH3 is 3. The van der Waals surface area contributed by atoms with Crippen LogP contribution in [0.15, 0.2) is 36.7 Å². The molecular formula is C19H22N6O4. The summed E-state index contributed by atoms with van der Waals surface area (Å²) in [5, 5.41) is 11.4. The molecule has 29 heavy (non-hydrogen) atoms. The lowest BCUT2D eigenvalue weighted by Crippen LogP contribution is -2.22. The molecule has 2 aromatic heterocycles. The van der Waals surface area contributed by atoms with E-state index in [-0.39, 0.29) is 5.92 Å². The highest BCUT2D eigenvalue weighted by Gasteiger charge is 2.18. The Bertz CT molecular complexity index is 977. The maximum absolute atomic E-state index is 11.5. The highest BCUT2D eigenvalue weighted by atomic mass is 16.5. The minimum Gasteiger partial charge on any atom is -0.493 e. The lowest BCUT2D eigenvalue weighted by molar-refractivity contribution is 0.249. The highest BCUT2D eigenvalue weighted by molar-refractivity contribution is 5.76. The Balaban J connectivity index is 1.82. The van der Waals surface area contributed by atoms with Crippen molar-refractivity contribution < 1.29 is 19.0 Å². The summed E-state index contributed by atoms with van der Waals surface area (Å²) in [6.07, 6.45) is 3.20. The number of nitrogens with two attached hydrogens (primary N) is 1. The number of carbonyl (C=O) groups is 1. The van der Waals surface area contributed by atoms with Crippen molar-refractivity contribution in [3.8, 4) is 17.2 Å². The Kier molecular flexibility index (Phi) is 5.82. The Morgan fingerprint density at radius 1 is 1.14 bits per heavy atom. The fraction of sp³-hybridized carbons (Fsp3) is 0.263. The topological polar surface area (TPSA) is 126 Å². The molecule has 1 atom stereocenters. The molecule has 0 aliphatic carbocycles. The van der Waals surface area contributed by atoms with Crippen LogP contribution in [0.3, 0.4) is 0 Å². The number of nitrogens with zero attached hydrogens (tertiary/aromatic N) is 4. The number of benzene rings is 1. The molecule has 152 valence electrons. The molecule has 0 fully saturated rings. The van der Waals surface area contributed by atoms with Gasteiger partial charge in [0, 0.05) is 35.6 Å². The number of nitrogens with one attached hydrogen (secondary N) is 1. The van der Waals surface area contributed by atoms with E-state index in [1.54, 1.807) is 36.7 Å². The van der Waals surface area contributed by atoms with E-state index in [1.807, 2.05) is 6.92 Å². The average Bonchev–Trinajstić information content (AvgIpc) is 3.23. The van der Waals surface area contributed by atoms with Crippen molar-refractivity contribution in [2.45, 2.75) is 12.8 Å². The van der Waals surface area contributed by atoms with Gasteiger partial charge in [-0.25, -0.2) is 9.78 Å². The van der Waals surface area contributed by atoms with E-state index in [4.69, 9.17) is 19.9 Å². The Morgan fingerprint density at radius 2 is 1.83 bits per heavy atom. The predicted octanol–water partition coefficient (Wildman–Crippen LogP) is 2.52. The van der Waals surface area contributed by atoms with Crippen LogP contribution in [0.1, 0.15) is 24.2 Å². The molecule has 10 heteroatoms. The largest absolute Gasteiger partial charge is 0.493 e. The fourth-order valence-electron chi connectivity index (χ4n) is 2.92. The number of carbonyl (C=O) groups excluding carboxylic acids is 1. The highest BCUT2D eigenvalue weighted by Crippen LogP contribution is 2.40. The summed E-state index contributed by atoms with van der Waals surface area (Å²) in [5.41, 5.74) is 7.34. The summed E-state index contributed by atoms with van der Waals surface area (Å²) in [6.45, 7) is 1.90. The van der Waals surface area contributed by atoms with Gasteiger partial charge < -0.3 is 25.3 Å². The number of hydrogen-bond acceptors (Lipinski definition) is 8. The molecule has 1 unspecified atom stereocenters. The molecule has 3 rings (SSSR count). The molecule has 2 heterocycles.